The highest BCUT2D eigenvalue weighted by atomic mass is 35.5. The average Bonchev–Trinajstić information content (AvgIpc) is 2.80. The van der Waals surface area contributed by atoms with E-state index in [2.05, 4.69) is 5.10 Å². The Morgan fingerprint density at radius 2 is 2.20 bits per heavy atom. The first-order valence-electron chi connectivity index (χ1n) is 5.96. The highest BCUT2D eigenvalue weighted by molar-refractivity contribution is 6.31. The van der Waals surface area contributed by atoms with Crippen LogP contribution in [-0.2, 0) is 11.3 Å². The van der Waals surface area contributed by atoms with Crippen LogP contribution in [0.5, 0.6) is 0 Å². The molecule has 20 heavy (non-hydrogen) atoms. The van der Waals surface area contributed by atoms with Crippen molar-refractivity contribution in [3.63, 3.8) is 0 Å². The lowest BCUT2D eigenvalue weighted by molar-refractivity contribution is 0.182. The number of rotatable bonds is 5. The summed E-state index contributed by atoms with van der Waals surface area (Å²) >= 11 is 6.04. The van der Waals surface area contributed by atoms with Gasteiger partial charge in [0.1, 0.15) is 0 Å². The van der Waals surface area contributed by atoms with E-state index in [0.717, 1.165) is 6.07 Å². The second kappa shape index (κ2) is 6.30. The second-order valence-corrected chi connectivity index (χ2v) is 4.62. The molecule has 2 rings (SSSR count). The molecule has 0 saturated heterocycles. The van der Waals surface area contributed by atoms with Crippen LogP contribution in [0, 0.1) is 11.6 Å². The number of hydrogen-bond donors (Lipinski definition) is 1. The molecule has 1 unspecified atom stereocenters. The molecule has 0 fully saturated rings. The van der Waals surface area contributed by atoms with Gasteiger partial charge in [-0.15, -0.1) is 0 Å². The van der Waals surface area contributed by atoms with Crippen LogP contribution in [0.25, 0.3) is 0 Å². The van der Waals surface area contributed by atoms with Crippen LogP contribution < -0.4 is 5.73 Å². The largest absolute Gasteiger partial charge is 0.383 e. The minimum atomic E-state index is -0.976. The highest BCUT2D eigenvalue weighted by Crippen LogP contribution is 2.28. The van der Waals surface area contributed by atoms with Crippen molar-refractivity contribution in [2.24, 2.45) is 5.73 Å². The van der Waals surface area contributed by atoms with Crippen LogP contribution in [0.3, 0.4) is 0 Å². The maximum atomic E-state index is 13.8. The summed E-state index contributed by atoms with van der Waals surface area (Å²) in [5, 5.41) is 4.36. The first kappa shape index (κ1) is 14.9. The van der Waals surface area contributed by atoms with Crippen molar-refractivity contribution < 1.29 is 13.5 Å². The Morgan fingerprint density at radius 3 is 2.90 bits per heavy atom. The Morgan fingerprint density at radius 1 is 1.45 bits per heavy atom. The number of aromatic nitrogens is 2. The summed E-state index contributed by atoms with van der Waals surface area (Å²) < 4.78 is 33.6. The van der Waals surface area contributed by atoms with Gasteiger partial charge in [0.2, 0.25) is 0 Å². The molecule has 0 aliphatic heterocycles. The van der Waals surface area contributed by atoms with Crippen molar-refractivity contribution >= 4 is 11.6 Å². The Bertz CT molecular complexity index is 603. The number of hydrogen-bond acceptors (Lipinski definition) is 3. The molecule has 0 radical (unpaired) electrons. The van der Waals surface area contributed by atoms with Crippen molar-refractivity contribution in [1.29, 1.82) is 0 Å². The summed E-state index contributed by atoms with van der Waals surface area (Å²) in [6.07, 6.45) is 1.42. The fraction of sp³-hybridized carbons (Fsp3) is 0.308. The zero-order valence-electron chi connectivity index (χ0n) is 10.8. The predicted octanol–water partition coefficient (Wildman–Crippen LogP) is 2.51. The molecular weight excluding hydrogens is 288 g/mol. The Hall–Kier alpha value is -1.50. The van der Waals surface area contributed by atoms with Gasteiger partial charge < -0.3 is 10.5 Å². The Kier molecular flexibility index (Phi) is 4.69. The third-order valence-corrected chi connectivity index (χ3v) is 3.24. The van der Waals surface area contributed by atoms with E-state index in [1.165, 1.54) is 23.0 Å². The zero-order chi connectivity index (χ0) is 14.7. The van der Waals surface area contributed by atoms with Crippen LogP contribution in [0.4, 0.5) is 8.78 Å². The summed E-state index contributed by atoms with van der Waals surface area (Å²) in [6.45, 7) is 0.826. The molecule has 1 aromatic carbocycles. The van der Waals surface area contributed by atoms with Crippen LogP contribution in [0.1, 0.15) is 17.3 Å². The molecule has 4 nitrogen and oxygen atoms in total. The molecule has 0 saturated carbocycles. The molecule has 2 aromatic rings. The van der Waals surface area contributed by atoms with Gasteiger partial charge in [0.05, 0.1) is 36.1 Å². The van der Waals surface area contributed by atoms with Gasteiger partial charge in [0.15, 0.2) is 11.6 Å². The van der Waals surface area contributed by atoms with Crippen molar-refractivity contribution in [1.82, 2.24) is 9.78 Å². The Labute approximate surface area is 120 Å². The molecular formula is C13H14ClF2N3O. The normalized spacial score (nSPS) is 12.7. The summed E-state index contributed by atoms with van der Waals surface area (Å²) in [4.78, 5) is 0. The molecule has 0 spiro atoms. The lowest BCUT2D eigenvalue weighted by atomic mass is 10.0. The monoisotopic (exact) mass is 301 g/mol. The highest BCUT2D eigenvalue weighted by Gasteiger charge is 2.22. The van der Waals surface area contributed by atoms with Crippen LogP contribution in [0.15, 0.2) is 24.4 Å². The van der Waals surface area contributed by atoms with Crippen molar-refractivity contribution in [3.8, 4) is 0 Å². The van der Waals surface area contributed by atoms with Crippen molar-refractivity contribution in [3.05, 3.63) is 52.3 Å². The number of nitrogens with zero attached hydrogens (tertiary/aromatic N) is 2. The third kappa shape index (κ3) is 2.82. The SMILES string of the molecule is COCCn1ncc(Cl)c1C(N)c1cccc(F)c1F. The molecule has 1 atom stereocenters. The quantitative estimate of drug-likeness (QED) is 0.923. The minimum absolute atomic E-state index is 0.0334. The molecule has 108 valence electrons. The molecule has 1 heterocycles. The van der Waals surface area contributed by atoms with Gasteiger partial charge in [-0.1, -0.05) is 23.7 Å². The van der Waals surface area contributed by atoms with Crippen LogP contribution >= 0.6 is 11.6 Å². The van der Waals surface area contributed by atoms with Crippen molar-refractivity contribution in [2.45, 2.75) is 12.6 Å². The first-order valence-corrected chi connectivity index (χ1v) is 6.33. The van der Waals surface area contributed by atoms with E-state index in [1.807, 2.05) is 0 Å². The van der Waals surface area contributed by atoms with E-state index in [4.69, 9.17) is 22.1 Å². The lowest BCUT2D eigenvalue weighted by Crippen LogP contribution is -2.20. The molecule has 0 aliphatic carbocycles. The lowest BCUT2D eigenvalue weighted by Gasteiger charge is -2.16. The number of nitrogens with two attached hydrogens (primary N) is 1. The first-order chi connectivity index (χ1) is 9.56. The van der Waals surface area contributed by atoms with Gasteiger partial charge in [-0.25, -0.2) is 8.78 Å². The van der Waals surface area contributed by atoms with E-state index in [-0.39, 0.29) is 5.56 Å². The maximum Gasteiger partial charge on any atom is 0.163 e. The van der Waals surface area contributed by atoms with E-state index < -0.39 is 17.7 Å². The van der Waals surface area contributed by atoms with Gasteiger partial charge >= 0.3 is 0 Å². The number of halogens is 3. The van der Waals surface area contributed by atoms with Gasteiger partial charge in [0, 0.05) is 12.7 Å². The molecule has 1 aromatic heterocycles. The summed E-state index contributed by atoms with van der Waals surface area (Å²) in [5.41, 5.74) is 6.47. The van der Waals surface area contributed by atoms with Crippen molar-refractivity contribution in [2.75, 3.05) is 13.7 Å². The number of methoxy groups -OCH3 is 1. The number of benzene rings is 1. The summed E-state index contributed by atoms with van der Waals surface area (Å²) in [6, 6.07) is 2.96. The fourth-order valence-corrected chi connectivity index (χ4v) is 2.20. The van der Waals surface area contributed by atoms with E-state index in [9.17, 15) is 8.78 Å². The van der Waals surface area contributed by atoms with Gasteiger partial charge in [-0.3, -0.25) is 4.68 Å². The standard InChI is InChI=1S/C13H14ClF2N3O/c1-20-6-5-19-13(9(14)7-18-19)12(17)8-3-2-4-10(15)11(8)16/h2-4,7,12H,5-6,17H2,1H3. The average molecular weight is 302 g/mol. The van der Waals surface area contributed by atoms with Crippen LogP contribution in [-0.4, -0.2) is 23.5 Å². The molecule has 0 amide bonds. The predicted molar refractivity (Wildman–Crippen MR) is 71.5 cm³/mol. The van der Waals surface area contributed by atoms with E-state index in [0.29, 0.717) is 23.9 Å². The number of ether oxygens (including phenoxy) is 1. The third-order valence-electron chi connectivity index (χ3n) is 2.95. The van der Waals surface area contributed by atoms with E-state index >= 15 is 0 Å². The summed E-state index contributed by atoms with van der Waals surface area (Å²) in [7, 11) is 1.55. The van der Waals surface area contributed by atoms with E-state index in [1.54, 1.807) is 7.11 Å². The molecule has 2 N–H and O–H groups in total. The minimum Gasteiger partial charge on any atom is -0.383 e. The smallest absolute Gasteiger partial charge is 0.163 e. The Balaban J connectivity index is 2.40. The molecule has 0 aliphatic rings. The molecule has 0 bridgehead atoms. The summed E-state index contributed by atoms with van der Waals surface area (Å²) in [5.74, 6) is -1.92. The molecule has 7 heteroatoms. The topological polar surface area (TPSA) is 53.1 Å². The van der Waals surface area contributed by atoms with Gasteiger partial charge in [0.25, 0.3) is 0 Å². The van der Waals surface area contributed by atoms with Gasteiger partial charge in [-0.05, 0) is 6.07 Å². The fourth-order valence-electron chi connectivity index (χ4n) is 1.95. The van der Waals surface area contributed by atoms with Gasteiger partial charge in [-0.2, -0.15) is 5.10 Å². The second-order valence-electron chi connectivity index (χ2n) is 4.21. The zero-order valence-corrected chi connectivity index (χ0v) is 11.6. The van der Waals surface area contributed by atoms with Crippen LogP contribution in [0.2, 0.25) is 5.02 Å². The maximum absolute atomic E-state index is 13.8.